The molecule has 1 amide bonds. The van der Waals surface area contributed by atoms with Crippen molar-refractivity contribution in [2.75, 3.05) is 6.54 Å². The van der Waals surface area contributed by atoms with Gasteiger partial charge in [0, 0.05) is 25.4 Å². The molecule has 5 nitrogen and oxygen atoms in total. The molecule has 0 unspecified atom stereocenters. The summed E-state index contributed by atoms with van der Waals surface area (Å²) in [5.41, 5.74) is 1.93. The molecule has 1 N–H and O–H groups in total. The molecule has 4 rings (SSSR count). The van der Waals surface area contributed by atoms with Crippen LogP contribution in [-0.2, 0) is 16.8 Å². The average Bonchev–Trinajstić information content (AvgIpc) is 2.91. The van der Waals surface area contributed by atoms with Crippen molar-refractivity contribution < 1.29 is 14.7 Å². The number of fused-ring (bicyclic) bond motifs is 1. The number of aromatic carboxylic acids is 1. The Kier molecular flexibility index (Phi) is 4.23. The topological polar surface area (TPSA) is 70.5 Å². The molecule has 1 aromatic carbocycles. The second-order valence-electron chi connectivity index (χ2n) is 7.20. The molecule has 1 aromatic heterocycles. The molecule has 0 radical (unpaired) electrons. The van der Waals surface area contributed by atoms with E-state index in [9.17, 15) is 14.7 Å². The van der Waals surface area contributed by atoms with Crippen molar-refractivity contribution in [1.29, 1.82) is 0 Å². The smallest absolute Gasteiger partial charge is 0.335 e. The number of pyridine rings is 1. The number of nitrogens with zero attached hydrogens (tertiary/aromatic N) is 2. The van der Waals surface area contributed by atoms with Crippen molar-refractivity contribution in [3.8, 4) is 0 Å². The Labute approximate surface area is 152 Å². The molecule has 1 aliphatic heterocycles. The fourth-order valence-electron chi connectivity index (χ4n) is 4.67. The Hall–Kier alpha value is -2.69. The molecule has 2 aliphatic rings. The average molecular weight is 350 g/mol. The van der Waals surface area contributed by atoms with E-state index in [-0.39, 0.29) is 17.0 Å². The van der Waals surface area contributed by atoms with E-state index in [1.54, 1.807) is 24.4 Å². The van der Waals surface area contributed by atoms with Crippen LogP contribution in [0.3, 0.4) is 0 Å². The third-order valence-electron chi connectivity index (χ3n) is 6.05. The summed E-state index contributed by atoms with van der Waals surface area (Å²) in [5, 5.41) is 9.32. The number of aryl methyl sites for hydroxylation is 1. The Balaban J connectivity index is 1.53. The first-order valence-electron chi connectivity index (χ1n) is 9.15. The number of rotatable bonds is 5. The lowest BCUT2D eigenvalue weighted by atomic mass is 9.64. The number of carboxylic acids is 1. The van der Waals surface area contributed by atoms with Crippen LogP contribution in [-0.4, -0.2) is 33.4 Å². The standard InChI is InChI=1S/C21H22N2O3/c24-19(8-7-15-4-1-2-6-18(15)20(25)26)23-13-10-16-9-11-21(16,23)17-5-3-12-22-14-17/h1-6,12,14,16H,7-11,13H2,(H,25,26)/t16-,21-/m0/s1. The van der Waals surface area contributed by atoms with E-state index in [0.29, 0.717) is 24.3 Å². The first-order chi connectivity index (χ1) is 12.6. The van der Waals surface area contributed by atoms with Gasteiger partial charge in [0.2, 0.25) is 5.91 Å². The maximum Gasteiger partial charge on any atom is 0.335 e. The molecule has 2 aromatic rings. The largest absolute Gasteiger partial charge is 0.478 e. The summed E-state index contributed by atoms with van der Waals surface area (Å²) >= 11 is 0. The maximum absolute atomic E-state index is 13.0. The van der Waals surface area contributed by atoms with Gasteiger partial charge in [0.1, 0.15) is 0 Å². The summed E-state index contributed by atoms with van der Waals surface area (Å²) in [6, 6.07) is 10.9. The number of carbonyl (C=O) groups is 2. The van der Waals surface area contributed by atoms with Crippen molar-refractivity contribution in [1.82, 2.24) is 9.88 Å². The second kappa shape index (κ2) is 6.56. The molecule has 1 saturated heterocycles. The molecule has 2 heterocycles. The van der Waals surface area contributed by atoms with E-state index in [4.69, 9.17) is 0 Å². The van der Waals surface area contributed by atoms with Gasteiger partial charge < -0.3 is 10.0 Å². The maximum atomic E-state index is 13.0. The van der Waals surface area contributed by atoms with Gasteiger partial charge in [0.15, 0.2) is 0 Å². The van der Waals surface area contributed by atoms with Crippen LogP contribution in [0.1, 0.15) is 47.2 Å². The fourth-order valence-corrected chi connectivity index (χ4v) is 4.67. The van der Waals surface area contributed by atoms with Gasteiger partial charge in [-0.25, -0.2) is 4.79 Å². The van der Waals surface area contributed by atoms with Crippen molar-refractivity contribution in [3.05, 3.63) is 65.5 Å². The molecular weight excluding hydrogens is 328 g/mol. The van der Waals surface area contributed by atoms with Crippen LogP contribution in [0.2, 0.25) is 0 Å². The normalized spacial score (nSPS) is 24.0. The van der Waals surface area contributed by atoms with Crippen LogP contribution < -0.4 is 0 Å². The number of hydrogen-bond acceptors (Lipinski definition) is 3. The van der Waals surface area contributed by atoms with Gasteiger partial charge in [-0.05, 0) is 54.9 Å². The van der Waals surface area contributed by atoms with Crippen molar-refractivity contribution in [3.63, 3.8) is 0 Å². The Morgan fingerprint density at radius 1 is 1.19 bits per heavy atom. The van der Waals surface area contributed by atoms with Gasteiger partial charge in [-0.1, -0.05) is 24.3 Å². The van der Waals surface area contributed by atoms with Crippen LogP contribution >= 0.6 is 0 Å². The van der Waals surface area contributed by atoms with E-state index in [2.05, 4.69) is 11.1 Å². The lowest BCUT2D eigenvalue weighted by molar-refractivity contribution is -0.140. The van der Waals surface area contributed by atoms with Gasteiger partial charge in [0.25, 0.3) is 0 Å². The van der Waals surface area contributed by atoms with Crippen LogP contribution in [0.4, 0.5) is 0 Å². The van der Waals surface area contributed by atoms with E-state index >= 15 is 0 Å². The van der Waals surface area contributed by atoms with Crippen LogP contribution in [0, 0.1) is 5.92 Å². The lowest BCUT2D eigenvalue weighted by Crippen LogP contribution is -2.53. The molecule has 2 atom stereocenters. The number of carboxylic acid groups (broad SMARTS) is 1. The molecule has 26 heavy (non-hydrogen) atoms. The molecule has 134 valence electrons. The van der Waals surface area contributed by atoms with Gasteiger partial charge in [-0.15, -0.1) is 0 Å². The van der Waals surface area contributed by atoms with Gasteiger partial charge in [-0.2, -0.15) is 0 Å². The molecule has 0 spiro atoms. The predicted molar refractivity (Wildman–Crippen MR) is 96.7 cm³/mol. The zero-order valence-electron chi connectivity index (χ0n) is 14.6. The summed E-state index contributed by atoms with van der Waals surface area (Å²) in [4.78, 5) is 30.7. The number of likely N-dealkylation sites (tertiary alicyclic amines) is 1. The Morgan fingerprint density at radius 3 is 2.73 bits per heavy atom. The highest BCUT2D eigenvalue weighted by Gasteiger charge is 2.57. The summed E-state index contributed by atoms with van der Waals surface area (Å²) in [6.45, 7) is 0.777. The summed E-state index contributed by atoms with van der Waals surface area (Å²) < 4.78 is 0. The lowest BCUT2D eigenvalue weighted by Gasteiger charge is -2.50. The summed E-state index contributed by atoms with van der Waals surface area (Å²) in [5.74, 6) is -0.321. The van der Waals surface area contributed by atoms with Crippen molar-refractivity contribution >= 4 is 11.9 Å². The first kappa shape index (κ1) is 16.8. The van der Waals surface area contributed by atoms with Crippen molar-refractivity contribution in [2.24, 2.45) is 5.92 Å². The minimum Gasteiger partial charge on any atom is -0.478 e. The number of amides is 1. The minimum absolute atomic E-state index is 0.108. The molecule has 5 heteroatoms. The second-order valence-corrected chi connectivity index (χ2v) is 7.20. The number of carbonyl (C=O) groups excluding carboxylic acids is 1. The van der Waals surface area contributed by atoms with Gasteiger partial charge in [-0.3, -0.25) is 9.78 Å². The van der Waals surface area contributed by atoms with Crippen LogP contribution in [0.25, 0.3) is 0 Å². The van der Waals surface area contributed by atoms with E-state index in [0.717, 1.165) is 31.4 Å². The zero-order valence-corrected chi connectivity index (χ0v) is 14.6. The number of aromatic nitrogens is 1. The Morgan fingerprint density at radius 2 is 2.04 bits per heavy atom. The van der Waals surface area contributed by atoms with Gasteiger partial charge >= 0.3 is 5.97 Å². The van der Waals surface area contributed by atoms with Crippen LogP contribution in [0.5, 0.6) is 0 Å². The predicted octanol–water partition coefficient (Wildman–Crippen LogP) is 3.25. The SMILES string of the molecule is O=C(O)c1ccccc1CCC(=O)N1CC[C@@H]2CC[C@@]21c1cccnc1. The Bertz CT molecular complexity index is 836. The summed E-state index contributed by atoms with van der Waals surface area (Å²) in [7, 11) is 0. The third-order valence-corrected chi connectivity index (χ3v) is 6.05. The number of benzene rings is 1. The summed E-state index contributed by atoms with van der Waals surface area (Å²) in [6.07, 6.45) is 7.60. The van der Waals surface area contributed by atoms with Gasteiger partial charge in [0.05, 0.1) is 11.1 Å². The fraction of sp³-hybridized carbons (Fsp3) is 0.381. The highest BCUT2D eigenvalue weighted by atomic mass is 16.4. The minimum atomic E-state index is -0.944. The molecule has 0 bridgehead atoms. The molecule has 1 aliphatic carbocycles. The van der Waals surface area contributed by atoms with Crippen molar-refractivity contribution in [2.45, 2.75) is 37.6 Å². The molecular formula is C21H22N2O3. The molecule has 2 fully saturated rings. The quantitative estimate of drug-likeness (QED) is 0.899. The van der Waals surface area contributed by atoms with E-state index in [1.165, 1.54) is 0 Å². The first-order valence-corrected chi connectivity index (χ1v) is 9.15. The zero-order chi connectivity index (χ0) is 18.1. The number of hydrogen-bond donors (Lipinski definition) is 1. The molecule has 1 saturated carbocycles. The third kappa shape index (κ3) is 2.59. The highest BCUT2D eigenvalue weighted by molar-refractivity contribution is 5.89. The van der Waals surface area contributed by atoms with Crippen LogP contribution in [0.15, 0.2) is 48.8 Å². The van der Waals surface area contributed by atoms with E-state index in [1.807, 2.05) is 23.2 Å². The monoisotopic (exact) mass is 350 g/mol. The van der Waals surface area contributed by atoms with E-state index < -0.39 is 5.97 Å². The highest BCUT2D eigenvalue weighted by Crippen LogP contribution is 2.56.